The third-order valence-corrected chi connectivity index (χ3v) is 2.97. The fraction of sp³-hybridized carbons (Fsp3) is 0.500. The van der Waals surface area contributed by atoms with Gasteiger partial charge in [-0.05, 0) is 46.8 Å². The third kappa shape index (κ3) is 4.44. The van der Waals surface area contributed by atoms with E-state index in [1.165, 1.54) is 12.8 Å². The second-order valence-corrected chi connectivity index (χ2v) is 4.93. The van der Waals surface area contributed by atoms with Gasteiger partial charge in [0.1, 0.15) is 10.3 Å². The molecule has 0 aliphatic heterocycles. The van der Waals surface area contributed by atoms with Crippen LogP contribution in [0, 0.1) is 5.92 Å². The highest BCUT2D eigenvalue weighted by Crippen LogP contribution is 2.28. The van der Waals surface area contributed by atoms with Crippen LogP contribution in [0.25, 0.3) is 0 Å². The molecule has 0 radical (unpaired) electrons. The van der Waals surface area contributed by atoms with E-state index in [0.717, 1.165) is 12.5 Å². The molecule has 17 heavy (non-hydrogen) atoms. The summed E-state index contributed by atoms with van der Waals surface area (Å²) in [5.41, 5.74) is 0.418. The molecule has 0 spiro atoms. The van der Waals surface area contributed by atoms with Crippen molar-refractivity contribution in [1.82, 2.24) is 10.3 Å². The maximum absolute atomic E-state index is 11.7. The molecule has 1 aliphatic rings. The molecule has 1 heterocycles. The van der Waals surface area contributed by atoms with Crippen LogP contribution in [0.5, 0.6) is 0 Å². The van der Waals surface area contributed by atoms with Gasteiger partial charge in [-0.1, -0.05) is 6.07 Å². The number of aromatic nitrogens is 1. The molecule has 1 fully saturated rings. The number of pyridine rings is 1. The number of nitrogens with zero attached hydrogens (tertiary/aromatic N) is 1. The zero-order valence-corrected chi connectivity index (χ0v) is 11.1. The largest absolute Gasteiger partial charge is 0.379 e. The Morgan fingerprint density at radius 1 is 1.53 bits per heavy atom. The molecule has 1 aromatic rings. The van der Waals surface area contributed by atoms with E-state index in [1.807, 2.05) is 0 Å². The SMILES string of the molecule is O=C(NCCOCC1CC1)c1cccc(Br)n1. The number of carbonyl (C=O) groups is 1. The molecule has 0 unspecified atom stereocenters. The van der Waals surface area contributed by atoms with Crippen molar-refractivity contribution >= 4 is 21.8 Å². The van der Waals surface area contributed by atoms with Crippen LogP contribution in [0.4, 0.5) is 0 Å². The summed E-state index contributed by atoms with van der Waals surface area (Å²) >= 11 is 3.23. The molecule has 1 amide bonds. The second kappa shape index (κ2) is 6.12. The molecule has 2 rings (SSSR count). The van der Waals surface area contributed by atoms with Gasteiger partial charge in [0.15, 0.2) is 0 Å². The Labute approximate surface area is 109 Å². The van der Waals surface area contributed by atoms with Crippen LogP contribution in [0.2, 0.25) is 0 Å². The minimum Gasteiger partial charge on any atom is -0.379 e. The molecule has 1 aromatic heterocycles. The third-order valence-electron chi connectivity index (χ3n) is 2.53. The van der Waals surface area contributed by atoms with Crippen molar-refractivity contribution in [2.45, 2.75) is 12.8 Å². The van der Waals surface area contributed by atoms with Crippen LogP contribution in [0.3, 0.4) is 0 Å². The van der Waals surface area contributed by atoms with Gasteiger partial charge in [0.05, 0.1) is 6.61 Å². The van der Waals surface area contributed by atoms with Gasteiger partial charge in [-0.15, -0.1) is 0 Å². The zero-order valence-electron chi connectivity index (χ0n) is 9.49. The van der Waals surface area contributed by atoms with Crippen LogP contribution in [0.1, 0.15) is 23.3 Å². The smallest absolute Gasteiger partial charge is 0.270 e. The van der Waals surface area contributed by atoms with Crippen LogP contribution >= 0.6 is 15.9 Å². The average Bonchev–Trinajstić information content (AvgIpc) is 3.12. The van der Waals surface area contributed by atoms with Crippen LogP contribution in [0.15, 0.2) is 22.8 Å². The molecular weight excluding hydrogens is 284 g/mol. The van der Waals surface area contributed by atoms with Crippen molar-refractivity contribution in [2.75, 3.05) is 19.8 Å². The van der Waals surface area contributed by atoms with Crippen LogP contribution in [-0.4, -0.2) is 30.6 Å². The number of hydrogen-bond donors (Lipinski definition) is 1. The average molecular weight is 299 g/mol. The Hall–Kier alpha value is -0.940. The summed E-state index contributed by atoms with van der Waals surface area (Å²) in [5, 5.41) is 2.77. The molecule has 1 aliphatic carbocycles. The zero-order chi connectivity index (χ0) is 12.1. The summed E-state index contributed by atoms with van der Waals surface area (Å²) in [7, 11) is 0. The Morgan fingerprint density at radius 3 is 3.06 bits per heavy atom. The van der Waals surface area contributed by atoms with E-state index in [4.69, 9.17) is 4.74 Å². The fourth-order valence-electron chi connectivity index (χ4n) is 1.40. The highest BCUT2D eigenvalue weighted by Gasteiger charge is 2.20. The molecule has 4 nitrogen and oxygen atoms in total. The number of halogens is 1. The summed E-state index contributed by atoms with van der Waals surface area (Å²) in [4.78, 5) is 15.7. The Morgan fingerprint density at radius 2 is 2.35 bits per heavy atom. The first-order valence-electron chi connectivity index (χ1n) is 5.74. The monoisotopic (exact) mass is 298 g/mol. The Balaban J connectivity index is 1.65. The van der Waals surface area contributed by atoms with E-state index in [1.54, 1.807) is 18.2 Å². The predicted molar refractivity (Wildman–Crippen MR) is 67.8 cm³/mol. The van der Waals surface area contributed by atoms with Crippen molar-refractivity contribution in [3.05, 3.63) is 28.5 Å². The lowest BCUT2D eigenvalue weighted by Crippen LogP contribution is -2.28. The van der Waals surface area contributed by atoms with E-state index in [9.17, 15) is 4.79 Å². The summed E-state index contributed by atoms with van der Waals surface area (Å²) in [6.07, 6.45) is 2.57. The number of ether oxygens (including phenoxy) is 1. The molecule has 0 atom stereocenters. The van der Waals surface area contributed by atoms with Gasteiger partial charge in [-0.2, -0.15) is 0 Å². The number of rotatable bonds is 6. The van der Waals surface area contributed by atoms with E-state index >= 15 is 0 Å². The van der Waals surface area contributed by atoms with Crippen LogP contribution in [-0.2, 0) is 4.74 Å². The fourth-order valence-corrected chi connectivity index (χ4v) is 1.74. The van der Waals surface area contributed by atoms with Gasteiger partial charge in [-0.25, -0.2) is 4.98 Å². The number of nitrogens with one attached hydrogen (secondary N) is 1. The molecule has 1 saturated carbocycles. The number of hydrogen-bond acceptors (Lipinski definition) is 3. The summed E-state index contributed by atoms with van der Waals surface area (Å²) < 4.78 is 6.09. The summed E-state index contributed by atoms with van der Waals surface area (Å²) in [6, 6.07) is 5.26. The van der Waals surface area contributed by atoms with Gasteiger partial charge in [0.25, 0.3) is 5.91 Å². The van der Waals surface area contributed by atoms with Gasteiger partial charge < -0.3 is 10.1 Å². The van der Waals surface area contributed by atoms with E-state index in [0.29, 0.717) is 23.4 Å². The van der Waals surface area contributed by atoms with Crippen molar-refractivity contribution in [1.29, 1.82) is 0 Å². The van der Waals surface area contributed by atoms with Gasteiger partial charge in [0, 0.05) is 13.2 Å². The second-order valence-electron chi connectivity index (χ2n) is 4.12. The van der Waals surface area contributed by atoms with Crippen molar-refractivity contribution in [3.63, 3.8) is 0 Å². The molecule has 92 valence electrons. The molecular formula is C12H15BrN2O2. The van der Waals surface area contributed by atoms with Gasteiger partial charge in [0.2, 0.25) is 0 Å². The predicted octanol–water partition coefficient (Wildman–Crippen LogP) is 2.00. The normalized spacial score (nSPS) is 14.6. The van der Waals surface area contributed by atoms with Crippen molar-refractivity contribution in [2.24, 2.45) is 5.92 Å². The van der Waals surface area contributed by atoms with Crippen molar-refractivity contribution < 1.29 is 9.53 Å². The van der Waals surface area contributed by atoms with Gasteiger partial charge >= 0.3 is 0 Å². The minimum absolute atomic E-state index is 0.165. The van der Waals surface area contributed by atoms with Gasteiger partial charge in [-0.3, -0.25) is 4.79 Å². The van der Waals surface area contributed by atoms with E-state index < -0.39 is 0 Å². The first-order chi connectivity index (χ1) is 8.25. The lowest BCUT2D eigenvalue weighted by atomic mass is 10.3. The van der Waals surface area contributed by atoms with Crippen molar-refractivity contribution in [3.8, 4) is 0 Å². The number of amides is 1. The summed E-state index contributed by atoms with van der Waals surface area (Å²) in [5.74, 6) is 0.596. The lowest BCUT2D eigenvalue weighted by Gasteiger charge is -2.05. The lowest BCUT2D eigenvalue weighted by molar-refractivity contribution is 0.0902. The molecule has 1 N–H and O–H groups in total. The molecule has 5 heteroatoms. The molecule has 0 aromatic carbocycles. The number of carbonyl (C=O) groups excluding carboxylic acids is 1. The van der Waals surface area contributed by atoms with E-state index in [2.05, 4.69) is 26.2 Å². The molecule has 0 bridgehead atoms. The van der Waals surface area contributed by atoms with Crippen LogP contribution < -0.4 is 5.32 Å². The quantitative estimate of drug-likeness (QED) is 0.645. The maximum Gasteiger partial charge on any atom is 0.270 e. The molecule has 0 saturated heterocycles. The first kappa shape index (κ1) is 12.5. The highest BCUT2D eigenvalue weighted by molar-refractivity contribution is 9.10. The minimum atomic E-state index is -0.165. The first-order valence-corrected chi connectivity index (χ1v) is 6.53. The standard InChI is InChI=1S/C12H15BrN2O2/c13-11-3-1-2-10(15-11)12(16)14-6-7-17-8-9-4-5-9/h1-3,9H,4-8H2,(H,14,16). The topological polar surface area (TPSA) is 51.2 Å². The summed E-state index contributed by atoms with van der Waals surface area (Å²) in [6.45, 7) is 1.92. The maximum atomic E-state index is 11.7. The highest BCUT2D eigenvalue weighted by atomic mass is 79.9. The Bertz CT molecular complexity index is 394. The Kier molecular flexibility index (Phi) is 4.50. The van der Waals surface area contributed by atoms with E-state index in [-0.39, 0.29) is 5.91 Å².